The minimum Gasteiger partial charge on any atom is -0.493 e. The number of benzene rings is 2. The van der Waals surface area contributed by atoms with E-state index >= 15 is 0 Å². The molecule has 0 radical (unpaired) electrons. The van der Waals surface area contributed by atoms with Gasteiger partial charge >= 0.3 is 6.03 Å². The number of urea groups is 1. The Kier molecular flexibility index (Phi) is 7.88. The summed E-state index contributed by atoms with van der Waals surface area (Å²) in [4.78, 5) is 26.7. The Balaban J connectivity index is 2.15. The van der Waals surface area contributed by atoms with Crippen molar-refractivity contribution in [2.45, 2.75) is 33.4 Å². The van der Waals surface area contributed by atoms with Crippen LogP contribution < -0.4 is 20.1 Å². The van der Waals surface area contributed by atoms with Crippen LogP contribution in [0.4, 0.5) is 10.5 Å². The Hall–Kier alpha value is -3.22. The SMILES string of the molecule is CCN(Cc1ccc(OC)c(OC)c1)C(=O)c1cccc(NC(=O)NC(C)C)c1. The number of hydrogen-bond donors (Lipinski definition) is 2. The summed E-state index contributed by atoms with van der Waals surface area (Å²) in [6.45, 7) is 6.66. The molecule has 7 nitrogen and oxygen atoms in total. The molecule has 7 heteroatoms. The molecular formula is C22H29N3O4. The molecule has 0 aliphatic carbocycles. The Labute approximate surface area is 172 Å². The second kappa shape index (κ2) is 10.4. The molecule has 0 saturated carbocycles. The first-order valence-corrected chi connectivity index (χ1v) is 9.55. The highest BCUT2D eigenvalue weighted by molar-refractivity contribution is 5.97. The van der Waals surface area contributed by atoms with E-state index in [4.69, 9.17) is 9.47 Å². The Morgan fingerprint density at radius 1 is 1.03 bits per heavy atom. The van der Waals surface area contributed by atoms with Crippen LogP contribution in [0, 0.1) is 0 Å². The molecule has 0 heterocycles. The predicted octanol–water partition coefficient (Wildman–Crippen LogP) is 3.90. The number of carbonyl (C=O) groups excluding carboxylic acids is 2. The maximum Gasteiger partial charge on any atom is 0.319 e. The molecule has 2 aromatic rings. The van der Waals surface area contributed by atoms with E-state index in [1.807, 2.05) is 39.0 Å². The van der Waals surface area contributed by atoms with Gasteiger partial charge < -0.3 is 25.0 Å². The van der Waals surface area contributed by atoms with Crippen LogP contribution in [-0.4, -0.2) is 43.6 Å². The Morgan fingerprint density at radius 2 is 1.76 bits per heavy atom. The zero-order valence-corrected chi connectivity index (χ0v) is 17.6. The molecule has 0 fully saturated rings. The number of amides is 3. The van der Waals surface area contributed by atoms with Crippen molar-refractivity contribution in [3.63, 3.8) is 0 Å². The summed E-state index contributed by atoms with van der Waals surface area (Å²) in [7, 11) is 3.17. The quantitative estimate of drug-likeness (QED) is 0.706. The third kappa shape index (κ3) is 6.14. The summed E-state index contributed by atoms with van der Waals surface area (Å²) in [5, 5.41) is 5.51. The normalized spacial score (nSPS) is 10.4. The summed E-state index contributed by atoms with van der Waals surface area (Å²) >= 11 is 0. The minimum atomic E-state index is -0.303. The van der Waals surface area contributed by atoms with Crippen LogP contribution in [0.15, 0.2) is 42.5 Å². The van der Waals surface area contributed by atoms with Gasteiger partial charge in [-0.1, -0.05) is 12.1 Å². The molecule has 156 valence electrons. The summed E-state index contributed by atoms with van der Waals surface area (Å²) in [6, 6.07) is 12.2. The van der Waals surface area contributed by atoms with Crippen LogP contribution in [0.3, 0.4) is 0 Å². The second-order valence-electron chi connectivity index (χ2n) is 6.84. The molecule has 0 aliphatic rings. The third-order valence-corrected chi connectivity index (χ3v) is 4.28. The van der Waals surface area contributed by atoms with Gasteiger partial charge in [0.2, 0.25) is 0 Å². The molecular weight excluding hydrogens is 370 g/mol. The van der Waals surface area contributed by atoms with Crippen molar-refractivity contribution in [3.05, 3.63) is 53.6 Å². The van der Waals surface area contributed by atoms with Gasteiger partial charge in [-0.25, -0.2) is 4.79 Å². The molecule has 0 spiro atoms. The lowest BCUT2D eigenvalue weighted by Crippen LogP contribution is -2.34. The van der Waals surface area contributed by atoms with Gasteiger partial charge in [-0.3, -0.25) is 4.79 Å². The van der Waals surface area contributed by atoms with E-state index in [9.17, 15) is 9.59 Å². The van der Waals surface area contributed by atoms with Gasteiger partial charge in [0.05, 0.1) is 14.2 Å². The lowest BCUT2D eigenvalue weighted by atomic mass is 10.1. The van der Waals surface area contributed by atoms with Crippen molar-refractivity contribution >= 4 is 17.6 Å². The number of ether oxygens (including phenoxy) is 2. The molecule has 29 heavy (non-hydrogen) atoms. The average Bonchev–Trinajstić information content (AvgIpc) is 2.70. The van der Waals surface area contributed by atoms with Gasteiger partial charge in [0.15, 0.2) is 11.5 Å². The molecule has 2 aromatic carbocycles. The lowest BCUT2D eigenvalue weighted by molar-refractivity contribution is 0.0752. The van der Waals surface area contributed by atoms with Gasteiger partial charge in [-0.15, -0.1) is 0 Å². The van der Waals surface area contributed by atoms with E-state index in [0.717, 1.165) is 5.56 Å². The molecule has 0 bridgehead atoms. The zero-order valence-electron chi connectivity index (χ0n) is 17.6. The first kappa shape index (κ1) is 22.1. The molecule has 2 rings (SSSR count). The van der Waals surface area contributed by atoms with E-state index in [1.165, 1.54) is 0 Å². The predicted molar refractivity (Wildman–Crippen MR) is 114 cm³/mol. The molecule has 0 unspecified atom stereocenters. The largest absolute Gasteiger partial charge is 0.493 e. The molecule has 2 N–H and O–H groups in total. The third-order valence-electron chi connectivity index (χ3n) is 4.28. The second-order valence-corrected chi connectivity index (χ2v) is 6.84. The van der Waals surface area contributed by atoms with E-state index in [-0.39, 0.29) is 18.0 Å². The fourth-order valence-corrected chi connectivity index (χ4v) is 2.87. The fraction of sp³-hybridized carbons (Fsp3) is 0.364. The van der Waals surface area contributed by atoms with Crippen LogP contribution >= 0.6 is 0 Å². The standard InChI is InChI=1S/C22H29N3O4/c1-6-25(14-16-10-11-19(28-4)20(12-16)29-5)21(26)17-8-7-9-18(13-17)24-22(27)23-15(2)3/h7-13,15H,6,14H2,1-5H3,(H2,23,24,27). The number of carbonyl (C=O) groups is 2. The minimum absolute atomic E-state index is 0.0249. The number of hydrogen-bond acceptors (Lipinski definition) is 4. The number of rotatable bonds is 8. The Bertz CT molecular complexity index is 852. The average molecular weight is 399 g/mol. The van der Waals surface area contributed by atoms with E-state index < -0.39 is 0 Å². The van der Waals surface area contributed by atoms with Gasteiger partial charge in [0.1, 0.15) is 0 Å². The molecule has 0 atom stereocenters. The summed E-state index contributed by atoms with van der Waals surface area (Å²) in [5.74, 6) is 1.15. The number of nitrogens with zero attached hydrogens (tertiary/aromatic N) is 1. The molecule has 0 saturated heterocycles. The van der Waals surface area contributed by atoms with Gasteiger partial charge in [-0.05, 0) is 56.7 Å². The highest BCUT2D eigenvalue weighted by Gasteiger charge is 2.16. The van der Waals surface area contributed by atoms with Crippen molar-refractivity contribution in [1.29, 1.82) is 0 Å². The molecule has 0 aromatic heterocycles. The van der Waals surface area contributed by atoms with Gasteiger partial charge in [-0.2, -0.15) is 0 Å². The highest BCUT2D eigenvalue weighted by atomic mass is 16.5. The van der Waals surface area contributed by atoms with E-state index in [0.29, 0.717) is 35.8 Å². The Morgan fingerprint density at radius 3 is 2.38 bits per heavy atom. The van der Waals surface area contributed by atoms with E-state index in [2.05, 4.69) is 10.6 Å². The van der Waals surface area contributed by atoms with Crippen molar-refractivity contribution < 1.29 is 19.1 Å². The maximum absolute atomic E-state index is 13.0. The summed E-state index contributed by atoms with van der Waals surface area (Å²) < 4.78 is 10.6. The van der Waals surface area contributed by atoms with Gasteiger partial charge in [0, 0.05) is 30.4 Å². The number of anilines is 1. The summed E-state index contributed by atoms with van der Waals surface area (Å²) in [5.41, 5.74) is 2.01. The monoisotopic (exact) mass is 399 g/mol. The first-order chi connectivity index (χ1) is 13.9. The van der Waals surface area contributed by atoms with Crippen LogP contribution in [-0.2, 0) is 6.54 Å². The maximum atomic E-state index is 13.0. The van der Waals surface area contributed by atoms with Crippen molar-refractivity contribution in [1.82, 2.24) is 10.2 Å². The molecule has 3 amide bonds. The first-order valence-electron chi connectivity index (χ1n) is 9.55. The van der Waals surface area contributed by atoms with Crippen molar-refractivity contribution in [2.75, 3.05) is 26.1 Å². The topological polar surface area (TPSA) is 79.9 Å². The van der Waals surface area contributed by atoms with Crippen molar-refractivity contribution in [2.24, 2.45) is 0 Å². The molecule has 0 aliphatic heterocycles. The highest BCUT2D eigenvalue weighted by Crippen LogP contribution is 2.28. The number of nitrogens with one attached hydrogen (secondary N) is 2. The van der Waals surface area contributed by atoms with Gasteiger partial charge in [0.25, 0.3) is 5.91 Å². The fourth-order valence-electron chi connectivity index (χ4n) is 2.87. The smallest absolute Gasteiger partial charge is 0.319 e. The summed E-state index contributed by atoms with van der Waals surface area (Å²) in [6.07, 6.45) is 0. The van der Waals surface area contributed by atoms with E-state index in [1.54, 1.807) is 43.4 Å². The lowest BCUT2D eigenvalue weighted by Gasteiger charge is -2.22. The van der Waals surface area contributed by atoms with Crippen LogP contribution in [0.2, 0.25) is 0 Å². The zero-order chi connectivity index (χ0) is 21.4. The van der Waals surface area contributed by atoms with Crippen LogP contribution in [0.5, 0.6) is 11.5 Å². The number of methoxy groups -OCH3 is 2. The van der Waals surface area contributed by atoms with Crippen LogP contribution in [0.25, 0.3) is 0 Å². The van der Waals surface area contributed by atoms with Crippen LogP contribution in [0.1, 0.15) is 36.7 Å². The van der Waals surface area contributed by atoms with Crippen molar-refractivity contribution in [3.8, 4) is 11.5 Å².